The molecule has 4 nitrogen and oxygen atoms in total. The molecule has 114 valence electrons. The second-order valence-corrected chi connectivity index (χ2v) is 5.55. The van der Waals surface area contributed by atoms with Gasteiger partial charge in [-0.3, -0.25) is 10.2 Å². The van der Waals surface area contributed by atoms with Crippen molar-refractivity contribution in [3.05, 3.63) is 35.9 Å². The molecule has 2 unspecified atom stereocenters. The second-order valence-electron chi connectivity index (χ2n) is 5.55. The first-order valence-electron chi connectivity index (χ1n) is 7.80. The van der Waals surface area contributed by atoms with Gasteiger partial charge in [-0.15, -0.1) is 0 Å². The minimum Gasteiger partial charge on any atom is -0.376 e. The van der Waals surface area contributed by atoms with Gasteiger partial charge < -0.3 is 4.74 Å². The first-order chi connectivity index (χ1) is 10.2. The fourth-order valence-electron chi connectivity index (χ4n) is 2.92. The van der Waals surface area contributed by atoms with Gasteiger partial charge in [0, 0.05) is 19.6 Å². The van der Waals surface area contributed by atoms with Crippen LogP contribution in [0.1, 0.15) is 25.8 Å². The smallest absolute Gasteiger partial charge is 0.145 e. The number of ether oxygens (including phenoxy) is 1. The zero-order valence-electron chi connectivity index (χ0n) is 13.0. The molecule has 0 bridgehead atoms. The quantitative estimate of drug-likeness (QED) is 0.871. The molecular formula is C17H25N3O. The lowest BCUT2D eigenvalue weighted by Gasteiger charge is -2.38. The fourth-order valence-corrected chi connectivity index (χ4v) is 2.92. The molecule has 0 spiro atoms. The van der Waals surface area contributed by atoms with Crippen molar-refractivity contribution < 1.29 is 4.74 Å². The number of morpholine rings is 1. The van der Waals surface area contributed by atoms with Crippen LogP contribution in [-0.2, 0) is 10.3 Å². The molecule has 0 aliphatic carbocycles. The molecule has 0 aromatic heterocycles. The topological polar surface area (TPSA) is 48.3 Å². The van der Waals surface area contributed by atoms with E-state index in [2.05, 4.69) is 23.2 Å². The first kappa shape index (κ1) is 16.0. The van der Waals surface area contributed by atoms with Crippen molar-refractivity contribution in [2.24, 2.45) is 0 Å². The third-order valence-electron chi connectivity index (χ3n) is 4.08. The van der Waals surface area contributed by atoms with E-state index in [1.54, 1.807) is 0 Å². The van der Waals surface area contributed by atoms with Crippen molar-refractivity contribution in [3.63, 3.8) is 0 Å². The highest BCUT2D eigenvalue weighted by Crippen LogP contribution is 2.23. The molecule has 1 heterocycles. The Morgan fingerprint density at radius 2 is 2.14 bits per heavy atom. The lowest BCUT2D eigenvalue weighted by Crippen LogP contribution is -2.54. The molecule has 21 heavy (non-hydrogen) atoms. The van der Waals surface area contributed by atoms with Crippen LogP contribution in [0.25, 0.3) is 0 Å². The maximum absolute atomic E-state index is 9.84. The summed E-state index contributed by atoms with van der Waals surface area (Å²) in [5.41, 5.74) is 0.389. The summed E-state index contributed by atoms with van der Waals surface area (Å²) in [6.07, 6.45) is 1.30. The van der Waals surface area contributed by atoms with Gasteiger partial charge in [0.1, 0.15) is 5.54 Å². The number of benzene rings is 1. The van der Waals surface area contributed by atoms with Gasteiger partial charge >= 0.3 is 0 Å². The predicted molar refractivity (Wildman–Crippen MR) is 83.9 cm³/mol. The van der Waals surface area contributed by atoms with Crippen molar-refractivity contribution in [2.45, 2.75) is 31.9 Å². The summed E-state index contributed by atoms with van der Waals surface area (Å²) in [4.78, 5) is 2.34. The van der Waals surface area contributed by atoms with Crippen LogP contribution in [0.3, 0.4) is 0 Å². The van der Waals surface area contributed by atoms with Crippen molar-refractivity contribution >= 4 is 0 Å². The first-order valence-corrected chi connectivity index (χ1v) is 7.80. The van der Waals surface area contributed by atoms with E-state index in [1.807, 2.05) is 37.3 Å². The second kappa shape index (κ2) is 7.56. The van der Waals surface area contributed by atoms with Crippen LogP contribution in [0.2, 0.25) is 0 Å². The van der Waals surface area contributed by atoms with Gasteiger partial charge in [-0.05, 0) is 18.5 Å². The largest absolute Gasteiger partial charge is 0.376 e. The molecule has 1 aliphatic heterocycles. The maximum atomic E-state index is 9.84. The van der Waals surface area contributed by atoms with Gasteiger partial charge in [0.2, 0.25) is 0 Å². The predicted octanol–water partition coefficient (Wildman–Crippen LogP) is 2.13. The molecule has 2 atom stereocenters. The van der Waals surface area contributed by atoms with E-state index in [1.165, 1.54) is 0 Å². The van der Waals surface area contributed by atoms with Gasteiger partial charge in [0.15, 0.2) is 0 Å². The third-order valence-corrected chi connectivity index (χ3v) is 4.08. The van der Waals surface area contributed by atoms with E-state index >= 15 is 0 Å². The maximum Gasteiger partial charge on any atom is 0.145 e. The molecule has 1 aromatic carbocycles. The summed E-state index contributed by atoms with van der Waals surface area (Å²) in [5.74, 6) is 0. The van der Waals surface area contributed by atoms with Gasteiger partial charge in [0.05, 0.1) is 18.8 Å². The lowest BCUT2D eigenvalue weighted by atomic mass is 9.90. The molecule has 1 fully saturated rings. The summed E-state index contributed by atoms with van der Waals surface area (Å²) in [5, 5.41) is 13.2. The zero-order chi connectivity index (χ0) is 15.1. The number of hydrogen-bond donors (Lipinski definition) is 1. The van der Waals surface area contributed by atoms with E-state index in [4.69, 9.17) is 4.74 Å². The Labute approximate surface area is 127 Å². The number of nitriles is 1. The highest BCUT2D eigenvalue weighted by Gasteiger charge is 2.35. The highest BCUT2D eigenvalue weighted by atomic mass is 16.5. The third kappa shape index (κ3) is 3.82. The Bertz CT molecular complexity index is 471. The van der Waals surface area contributed by atoms with E-state index in [9.17, 15) is 5.26 Å². The number of nitrogens with one attached hydrogen (secondary N) is 1. The van der Waals surface area contributed by atoms with Crippen LogP contribution in [0.5, 0.6) is 0 Å². The summed E-state index contributed by atoms with van der Waals surface area (Å²) in [7, 11) is 0. The van der Waals surface area contributed by atoms with Crippen LogP contribution >= 0.6 is 0 Å². The summed E-state index contributed by atoms with van der Waals surface area (Å²) in [6.45, 7) is 8.19. The molecule has 0 saturated carbocycles. The lowest BCUT2D eigenvalue weighted by molar-refractivity contribution is -0.0352. The van der Waals surface area contributed by atoms with Gasteiger partial charge in [-0.2, -0.15) is 5.26 Å². The van der Waals surface area contributed by atoms with Crippen molar-refractivity contribution in [2.75, 3.05) is 32.8 Å². The van der Waals surface area contributed by atoms with Crippen LogP contribution in [0.15, 0.2) is 30.3 Å². The SMILES string of the molecule is CCNC(C#N)(CN1CCOC(CC)C1)c1ccccc1. The zero-order valence-corrected chi connectivity index (χ0v) is 13.0. The number of nitrogens with zero attached hydrogens (tertiary/aromatic N) is 2. The Morgan fingerprint density at radius 1 is 1.38 bits per heavy atom. The minimum atomic E-state index is -0.647. The van der Waals surface area contributed by atoms with Gasteiger partial charge in [-0.1, -0.05) is 44.2 Å². The van der Waals surface area contributed by atoms with E-state index < -0.39 is 5.54 Å². The summed E-state index contributed by atoms with van der Waals surface area (Å²) < 4.78 is 5.73. The van der Waals surface area contributed by atoms with E-state index in [-0.39, 0.29) is 6.10 Å². The molecule has 2 rings (SSSR count). The van der Waals surface area contributed by atoms with Crippen LogP contribution in [-0.4, -0.2) is 43.8 Å². The normalized spacial score (nSPS) is 22.4. The molecule has 1 saturated heterocycles. The highest BCUT2D eigenvalue weighted by molar-refractivity contribution is 5.32. The van der Waals surface area contributed by atoms with E-state index in [0.717, 1.165) is 38.2 Å². The van der Waals surface area contributed by atoms with Crippen LogP contribution < -0.4 is 5.32 Å². The molecule has 1 aromatic rings. The monoisotopic (exact) mass is 287 g/mol. The number of likely N-dealkylation sites (N-methyl/N-ethyl adjacent to an activating group) is 1. The standard InChI is InChI=1S/C17H25N3O/c1-3-16-12-20(10-11-21-16)14-17(13-18,19-4-2)15-8-6-5-7-9-15/h5-9,16,19H,3-4,10-12,14H2,1-2H3. The Balaban J connectivity index is 2.19. The van der Waals surface area contributed by atoms with Gasteiger partial charge in [-0.25, -0.2) is 0 Å². The molecule has 1 aliphatic rings. The Kier molecular flexibility index (Phi) is 5.75. The number of rotatable bonds is 6. The Morgan fingerprint density at radius 3 is 2.76 bits per heavy atom. The van der Waals surface area contributed by atoms with E-state index in [0.29, 0.717) is 6.54 Å². The van der Waals surface area contributed by atoms with Crippen molar-refractivity contribution in [3.8, 4) is 6.07 Å². The minimum absolute atomic E-state index is 0.285. The van der Waals surface area contributed by atoms with Crippen LogP contribution in [0.4, 0.5) is 0 Å². The van der Waals surface area contributed by atoms with Crippen molar-refractivity contribution in [1.82, 2.24) is 10.2 Å². The average molecular weight is 287 g/mol. The summed E-state index contributed by atoms with van der Waals surface area (Å²) >= 11 is 0. The molecule has 4 heteroatoms. The summed E-state index contributed by atoms with van der Waals surface area (Å²) in [6, 6.07) is 12.6. The molecular weight excluding hydrogens is 262 g/mol. The molecule has 0 radical (unpaired) electrons. The molecule has 0 amide bonds. The van der Waals surface area contributed by atoms with Gasteiger partial charge in [0.25, 0.3) is 0 Å². The van der Waals surface area contributed by atoms with Crippen molar-refractivity contribution in [1.29, 1.82) is 5.26 Å². The average Bonchev–Trinajstić information content (AvgIpc) is 2.55. The molecule has 1 N–H and O–H groups in total. The number of hydrogen-bond acceptors (Lipinski definition) is 4. The van der Waals surface area contributed by atoms with Crippen LogP contribution in [0, 0.1) is 11.3 Å². The fraction of sp³-hybridized carbons (Fsp3) is 0.588. The Hall–Kier alpha value is -1.41.